The fraction of sp³-hybridized carbons (Fsp3) is 0.353. The standard InChI is InChI=1S/C17H20N4O3/c1-4-11(2)21-14(9-10-18-21)20-16(23)17(3)15(22)19-12-7-5-6-8-13(12)24-17/h5-11H,4H2,1-3H3,(H,19,22)(H,20,23). The third kappa shape index (κ3) is 2.62. The molecule has 3 rings (SSSR count). The molecule has 2 aromatic rings. The quantitative estimate of drug-likeness (QED) is 0.845. The van der Waals surface area contributed by atoms with E-state index in [1.807, 2.05) is 13.8 Å². The normalized spacial score (nSPS) is 20.5. The van der Waals surface area contributed by atoms with Crippen LogP contribution in [0.3, 0.4) is 0 Å². The maximum atomic E-state index is 12.7. The van der Waals surface area contributed by atoms with E-state index in [0.717, 1.165) is 6.42 Å². The molecule has 0 radical (unpaired) electrons. The van der Waals surface area contributed by atoms with Crippen molar-refractivity contribution in [2.45, 2.75) is 38.8 Å². The van der Waals surface area contributed by atoms with Crippen LogP contribution in [-0.4, -0.2) is 27.2 Å². The van der Waals surface area contributed by atoms with Gasteiger partial charge in [0.1, 0.15) is 11.6 Å². The number of para-hydroxylation sites is 2. The Morgan fingerprint density at radius 3 is 2.92 bits per heavy atom. The number of amides is 2. The first kappa shape index (κ1) is 16.0. The fourth-order valence-corrected chi connectivity index (χ4v) is 2.49. The Labute approximate surface area is 140 Å². The highest BCUT2D eigenvalue weighted by Crippen LogP contribution is 2.33. The molecular weight excluding hydrogens is 308 g/mol. The van der Waals surface area contributed by atoms with Gasteiger partial charge in [0.2, 0.25) is 0 Å². The van der Waals surface area contributed by atoms with E-state index >= 15 is 0 Å². The monoisotopic (exact) mass is 328 g/mol. The summed E-state index contributed by atoms with van der Waals surface area (Å²) in [6.07, 6.45) is 2.48. The van der Waals surface area contributed by atoms with Gasteiger partial charge >= 0.3 is 0 Å². The molecule has 2 heterocycles. The summed E-state index contributed by atoms with van der Waals surface area (Å²) < 4.78 is 7.43. The molecule has 126 valence electrons. The molecule has 1 aromatic carbocycles. The summed E-state index contributed by atoms with van der Waals surface area (Å²) in [4.78, 5) is 25.1. The molecule has 0 saturated carbocycles. The largest absolute Gasteiger partial charge is 0.466 e. The summed E-state index contributed by atoms with van der Waals surface area (Å²) in [5.74, 6) is -0.0520. The van der Waals surface area contributed by atoms with Crippen molar-refractivity contribution in [1.82, 2.24) is 9.78 Å². The van der Waals surface area contributed by atoms with Gasteiger partial charge in [-0.05, 0) is 32.4 Å². The second-order valence-corrected chi connectivity index (χ2v) is 5.96. The second kappa shape index (κ2) is 5.99. The van der Waals surface area contributed by atoms with Gasteiger partial charge in [0.05, 0.1) is 17.9 Å². The number of nitrogens with zero attached hydrogens (tertiary/aromatic N) is 2. The Morgan fingerprint density at radius 1 is 1.42 bits per heavy atom. The number of benzene rings is 1. The minimum Gasteiger partial charge on any atom is -0.466 e. The van der Waals surface area contributed by atoms with Gasteiger partial charge in [0.25, 0.3) is 17.4 Å². The average Bonchev–Trinajstić information content (AvgIpc) is 3.03. The number of carbonyl (C=O) groups is 2. The van der Waals surface area contributed by atoms with E-state index in [9.17, 15) is 9.59 Å². The lowest BCUT2D eigenvalue weighted by Crippen LogP contribution is -2.56. The van der Waals surface area contributed by atoms with Gasteiger partial charge in [-0.3, -0.25) is 9.59 Å². The van der Waals surface area contributed by atoms with Crippen molar-refractivity contribution in [3.8, 4) is 5.75 Å². The number of nitrogens with one attached hydrogen (secondary N) is 2. The minimum atomic E-state index is -1.65. The van der Waals surface area contributed by atoms with Crippen molar-refractivity contribution in [3.63, 3.8) is 0 Å². The molecule has 1 aliphatic heterocycles. The summed E-state index contributed by atoms with van der Waals surface area (Å²) in [6.45, 7) is 5.50. The minimum absolute atomic E-state index is 0.130. The number of fused-ring (bicyclic) bond motifs is 1. The van der Waals surface area contributed by atoms with Crippen LogP contribution in [0.5, 0.6) is 5.75 Å². The summed E-state index contributed by atoms with van der Waals surface area (Å²) >= 11 is 0. The van der Waals surface area contributed by atoms with Crippen LogP contribution >= 0.6 is 0 Å². The lowest BCUT2D eigenvalue weighted by atomic mass is 10.0. The highest BCUT2D eigenvalue weighted by Gasteiger charge is 2.47. The van der Waals surface area contributed by atoms with Gasteiger partial charge in [-0.2, -0.15) is 5.10 Å². The van der Waals surface area contributed by atoms with Gasteiger partial charge in [-0.1, -0.05) is 19.1 Å². The molecule has 0 fully saturated rings. The van der Waals surface area contributed by atoms with Gasteiger partial charge in [-0.15, -0.1) is 0 Å². The van der Waals surface area contributed by atoms with Crippen LogP contribution in [0.1, 0.15) is 33.2 Å². The number of rotatable bonds is 4. The van der Waals surface area contributed by atoms with Crippen LogP contribution < -0.4 is 15.4 Å². The third-order valence-electron chi connectivity index (χ3n) is 4.24. The molecule has 2 N–H and O–H groups in total. The predicted molar refractivity (Wildman–Crippen MR) is 90.0 cm³/mol. The highest BCUT2D eigenvalue weighted by molar-refractivity contribution is 6.18. The fourth-order valence-electron chi connectivity index (χ4n) is 2.49. The van der Waals surface area contributed by atoms with E-state index in [2.05, 4.69) is 15.7 Å². The molecular formula is C17H20N4O3. The van der Waals surface area contributed by atoms with Crippen molar-refractivity contribution in [2.24, 2.45) is 0 Å². The van der Waals surface area contributed by atoms with Gasteiger partial charge < -0.3 is 15.4 Å². The summed E-state index contributed by atoms with van der Waals surface area (Å²) in [5, 5.41) is 9.69. The Bertz CT molecular complexity index is 786. The number of aromatic nitrogens is 2. The molecule has 0 spiro atoms. The van der Waals surface area contributed by atoms with Crippen LogP contribution in [0.2, 0.25) is 0 Å². The van der Waals surface area contributed by atoms with Crippen LogP contribution in [0.15, 0.2) is 36.5 Å². The Morgan fingerprint density at radius 2 is 2.17 bits per heavy atom. The van der Waals surface area contributed by atoms with Crippen LogP contribution in [0.4, 0.5) is 11.5 Å². The number of hydrogen-bond donors (Lipinski definition) is 2. The van der Waals surface area contributed by atoms with Gasteiger partial charge in [0, 0.05) is 6.07 Å². The smallest absolute Gasteiger partial charge is 0.279 e. The molecule has 7 heteroatoms. The predicted octanol–water partition coefficient (Wildman–Crippen LogP) is 2.58. The topological polar surface area (TPSA) is 85.2 Å². The lowest BCUT2D eigenvalue weighted by Gasteiger charge is -2.33. The van der Waals surface area contributed by atoms with Crippen molar-refractivity contribution in [1.29, 1.82) is 0 Å². The number of carbonyl (C=O) groups excluding carboxylic acids is 2. The van der Waals surface area contributed by atoms with E-state index in [-0.39, 0.29) is 6.04 Å². The summed E-state index contributed by atoms with van der Waals surface area (Å²) in [6, 6.07) is 8.83. The van der Waals surface area contributed by atoms with E-state index in [0.29, 0.717) is 17.3 Å². The van der Waals surface area contributed by atoms with Crippen molar-refractivity contribution in [2.75, 3.05) is 10.6 Å². The Hall–Kier alpha value is -2.83. The highest BCUT2D eigenvalue weighted by atomic mass is 16.5. The first-order chi connectivity index (χ1) is 11.5. The zero-order valence-electron chi connectivity index (χ0n) is 13.9. The second-order valence-electron chi connectivity index (χ2n) is 5.96. The maximum absolute atomic E-state index is 12.7. The van der Waals surface area contributed by atoms with Gasteiger partial charge in [-0.25, -0.2) is 4.68 Å². The Kier molecular flexibility index (Phi) is 4.01. The van der Waals surface area contributed by atoms with E-state index in [1.54, 1.807) is 41.2 Å². The van der Waals surface area contributed by atoms with Crippen molar-refractivity contribution in [3.05, 3.63) is 36.5 Å². The third-order valence-corrected chi connectivity index (χ3v) is 4.24. The summed E-state index contributed by atoms with van der Waals surface area (Å²) in [5.41, 5.74) is -1.10. The maximum Gasteiger partial charge on any atom is 0.279 e. The van der Waals surface area contributed by atoms with Crippen molar-refractivity contribution < 1.29 is 14.3 Å². The Balaban J connectivity index is 1.85. The zero-order valence-corrected chi connectivity index (χ0v) is 13.9. The van der Waals surface area contributed by atoms with Crippen molar-refractivity contribution >= 4 is 23.3 Å². The molecule has 2 unspecified atom stereocenters. The summed E-state index contributed by atoms with van der Waals surface area (Å²) in [7, 11) is 0. The molecule has 1 aliphatic rings. The SMILES string of the molecule is CCC(C)n1nccc1NC(=O)C1(C)Oc2ccccc2NC1=O. The first-order valence-electron chi connectivity index (χ1n) is 7.90. The molecule has 2 amide bonds. The molecule has 1 aromatic heterocycles. The molecule has 2 atom stereocenters. The van der Waals surface area contributed by atoms with E-state index in [4.69, 9.17) is 4.74 Å². The van der Waals surface area contributed by atoms with Gasteiger partial charge in [0.15, 0.2) is 0 Å². The number of hydrogen-bond acceptors (Lipinski definition) is 4. The van der Waals surface area contributed by atoms with E-state index < -0.39 is 17.4 Å². The molecule has 7 nitrogen and oxygen atoms in total. The average molecular weight is 328 g/mol. The van der Waals surface area contributed by atoms with E-state index in [1.165, 1.54) is 6.92 Å². The van der Waals surface area contributed by atoms with Crippen LogP contribution in [0, 0.1) is 0 Å². The molecule has 0 saturated heterocycles. The molecule has 0 aliphatic carbocycles. The number of anilines is 2. The van der Waals surface area contributed by atoms with Crippen LogP contribution in [-0.2, 0) is 9.59 Å². The lowest BCUT2D eigenvalue weighted by molar-refractivity contribution is -0.143. The molecule has 0 bridgehead atoms. The molecule has 24 heavy (non-hydrogen) atoms. The van der Waals surface area contributed by atoms with Crippen LogP contribution in [0.25, 0.3) is 0 Å². The first-order valence-corrected chi connectivity index (χ1v) is 7.90. The zero-order chi connectivity index (χ0) is 17.3. The number of ether oxygens (including phenoxy) is 1.